The number of carbonyl (C=O) groups is 1. The second-order valence-corrected chi connectivity index (χ2v) is 5.24. The quantitative estimate of drug-likeness (QED) is 0.741. The molecule has 3 nitrogen and oxygen atoms in total. The van der Waals surface area contributed by atoms with Crippen molar-refractivity contribution in [3.05, 3.63) is 33.8 Å². The van der Waals surface area contributed by atoms with Gasteiger partial charge in [0.2, 0.25) is 0 Å². The summed E-state index contributed by atoms with van der Waals surface area (Å²) < 4.78 is 6.62. The fourth-order valence-electron chi connectivity index (χ4n) is 2.56. The lowest BCUT2D eigenvalue weighted by Gasteiger charge is -2.33. The fourth-order valence-corrected chi connectivity index (χ4v) is 2.92. The van der Waals surface area contributed by atoms with Gasteiger partial charge in [-0.05, 0) is 31.3 Å². The summed E-state index contributed by atoms with van der Waals surface area (Å²) in [5, 5.41) is 3.29. The molecule has 0 radical (unpaired) electrons. The van der Waals surface area contributed by atoms with Gasteiger partial charge in [-0.1, -0.05) is 15.9 Å². The normalized spacial score (nSPS) is 21.9. The van der Waals surface area contributed by atoms with Gasteiger partial charge in [-0.25, -0.2) is 4.79 Å². The monoisotopic (exact) mass is 281 g/mol. The second-order valence-electron chi connectivity index (χ2n) is 4.32. The van der Waals surface area contributed by atoms with Crippen molar-refractivity contribution in [2.45, 2.75) is 18.4 Å². The highest BCUT2D eigenvalue weighted by Crippen LogP contribution is 2.43. The third-order valence-electron chi connectivity index (χ3n) is 3.39. The Bertz CT molecular complexity index is 452. The van der Waals surface area contributed by atoms with E-state index in [1.807, 2.05) is 18.2 Å². The molecule has 0 aliphatic carbocycles. The van der Waals surface area contributed by atoms with Crippen molar-refractivity contribution in [1.82, 2.24) is 5.32 Å². The number of piperidine rings is 1. The van der Waals surface area contributed by atoms with E-state index in [0.717, 1.165) is 41.5 Å². The molecule has 1 saturated heterocycles. The van der Waals surface area contributed by atoms with Crippen LogP contribution in [0, 0.1) is 0 Å². The Morgan fingerprint density at radius 3 is 2.81 bits per heavy atom. The first-order valence-corrected chi connectivity index (χ1v) is 6.25. The van der Waals surface area contributed by atoms with Gasteiger partial charge in [-0.3, -0.25) is 0 Å². The zero-order valence-corrected chi connectivity index (χ0v) is 10.3. The number of hydrogen-bond acceptors (Lipinski definition) is 3. The molecule has 0 amide bonds. The van der Waals surface area contributed by atoms with Crippen molar-refractivity contribution in [1.29, 1.82) is 0 Å². The van der Waals surface area contributed by atoms with Crippen LogP contribution in [0.1, 0.15) is 28.8 Å². The molecule has 1 aromatic rings. The lowest BCUT2D eigenvalue weighted by molar-refractivity contribution is -0.0242. The highest BCUT2D eigenvalue weighted by molar-refractivity contribution is 9.10. The van der Waals surface area contributed by atoms with Crippen LogP contribution in [0.3, 0.4) is 0 Å². The van der Waals surface area contributed by atoms with Gasteiger partial charge in [-0.15, -0.1) is 0 Å². The van der Waals surface area contributed by atoms with Crippen LogP contribution in [-0.2, 0) is 10.3 Å². The van der Waals surface area contributed by atoms with Crippen molar-refractivity contribution in [2.24, 2.45) is 0 Å². The summed E-state index contributed by atoms with van der Waals surface area (Å²) in [5.41, 5.74) is 1.40. The number of ether oxygens (including phenoxy) is 1. The van der Waals surface area contributed by atoms with Crippen molar-refractivity contribution in [3.8, 4) is 0 Å². The molecule has 1 fully saturated rings. The number of hydrogen-bond donors (Lipinski definition) is 1. The maximum atomic E-state index is 11.8. The molecule has 4 heteroatoms. The lowest BCUT2D eigenvalue weighted by Crippen LogP contribution is -2.39. The maximum absolute atomic E-state index is 11.8. The molecule has 0 aromatic heterocycles. The molecule has 0 saturated carbocycles. The molecule has 0 unspecified atom stereocenters. The average Bonchev–Trinajstić information content (AvgIpc) is 2.53. The Morgan fingerprint density at radius 2 is 2.06 bits per heavy atom. The van der Waals surface area contributed by atoms with Crippen LogP contribution in [0.2, 0.25) is 0 Å². The molecule has 1 aromatic carbocycles. The van der Waals surface area contributed by atoms with Crippen molar-refractivity contribution >= 4 is 21.9 Å². The van der Waals surface area contributed by atoms with E-state index in [0.29, 0.717) is 0 Å². The average molecular weight is 282 g/mol. The maximum Gasteiger partial charge on any atom is 0.339 e. The molecule has 2 aliphatic rings. The molecule has 1 N–H and O–H groups in total. The van der Waals surface area contributed by atoms with Crippen LogP contribution in [0.5, 0.6) is 0 Å². The Hall–Kier alpha value is -0.870. The minimum atomic E-state index is -0.374. The third kappa shape index (κ3) is 1.40. The third-order valence-corrected chi connectivity index (χ3v) is 3.88. The molecular weight excluding hydrogens is 270 g/mol. The Kier molecular flexibility index (Phi) is 2.30. The van der Waals surface area contributed by atoms with E-state index >= 15 is 0 Å². The Labute approximate surface area is 102 Å². The standard InChI is InChI=1S/C12H12BrNO2/c13-8-1-2-9-10(7-8)12(16-11(9)15)3-5-14-6-4-12/h1-2,7,14H,3-6H2. The molecule has 16 heavy (non-hydrogen) atoms. The second kappa shape index (κ2) is 3.57. The van der Waals surface area contributed by atoms with E-state index in [1.165, 1.54) is 0 Å². The van der Waals surface area contributed by atoms with Gasteiger partial charge in [0.25, 0.3) is 0 Å². The van der Waals surface area contributed by atoms with Gasteiger partial charge < -0.3 is 10.1 Å². The number of nitrogens with one attached hydrogen (secondary N) is 1. The van der Waals surface area contributed by atoms with Gasteiger partial charge in [0.05, 0.1) is 5.56 Å². The SMILES string of the molecule is O=C1OC2(CCNCC2)c2cc(Br)ccc21. The number of esters is 1. The number of halogens is 1. The van der Waals surface area contributed by atoms with E-state index in [-0.39, 0.29) is 11.6 Å². The van der Waals surface area contributed by atoms with E-state index in [2.05, 4.69) is 21.2 Å². The summed E-state index contributed by atoms with van der Waals surface area (Å²) in [4.78, 5) is 11.8. The van der Waals surface area contributed by atoms with Gasteiger partial charge in [-0.2, -0.15) is 0 Å². The van der Waals surface area contributed by atoms with E-state index in [4.69, 9.17) is 4.74 Å². The van der Waals surface area contributed by atoms with E-state index in [9.17, 15) is 4.79 Å². The molecule has 1 spiro atoms. The first-order chi connectivity index (χ1) is 7.71. The van der Waals surface area contributed by atoms with Gasteiger partial charge in [0.15, 0.2) is 0 Å². The largest absolute Gasteiger partial charge is 0.450 e. The predicted octanol–water partition coefficient (Wildman–Crippen LogP) is 2.20. The van der Waals surface area contributed by atoms with Crippen LogP contribution in [0.15, 0.2) is 22.7 Å². The zero-order valence-electron chi connectivity index (χ0n) is 8.75. The topological polar surface area (TPSA) is 38.3 Å². The van der Waals surface area contributed by atoms with E-state index in [1.54, 1.807) is 0 Å². The Balaban J connectivity index is 2.12. The molecule has 0 bridgehead atoms. The lowest BCUT2D eigenvalue weighted by atomic mass is 9.84. The Morgan fingerprint density at radius 1 is 1.31 bits per heavy atom. The first kappa shape index (κ1) is 10.3. The summed E-state index contributed by atoms with van der Waals surface area (Å²) in [6.45, 7) is 1.80. The number of benzene rings is 1. The van der Waals surface area contributed by atoms with Crippen molar-refractivity contribution < 1.29 is 9.53 Å². The minimum absolute atomic E-state index is 0.176. The van der Waals surface area contributed by atoms with Gasteiger partial charge in [0, 0.05) is 22.9 Å². The van der Waals surface area contributed by atoms with Crippen LogP contribution in [-0.4, -0.2) is 19.1 Å². The highest BCUT2D eigenvalue weighted by Gasteiger charge is 2.45. The summed E-state index contributed by atoms with van der Waals surface area (Å²) in [5.74, 6) is -0.176. The molecular formula is C12H12BrNO2. The van der Waals surface area contributed by atoms with Crippen LogP contribution in [0.25, 0.3) is 0 Å². The molecule has 2 heterocycles. The van der Waals surface area contributed by atoms with Crippen LogP contribution in [0.4, 0.5) is 0 Å². The fraction of sp³-hybridized carbons (Fsp3) is 0.417. The predicted molar refractivity (Wildman–Crippen MR) is 63.3 cm³/mol. The number of rotatable bonds is 0. The van der Waals surface area contributed by atoms with Crippen molar-refractivity contribution in [3.63, 3.8) is 0 Å². The smallest absolute Gasteiger partial charge is 0.339 e. The summed E-state index contributed by atoms with van der Waals surface area (Å²) in [7, 11) is 0. The molecule has 3 rings (SSSR count). The van der Waals surface area contributed by atoms with Gasteiger partial charge >= 0.3 is 5.97 Å². The minimum Gasteiger partial charge on any atom is -0.450 e. The van der Waals surface area contributed by atoms with Crippen LogP contribution >= 0.6 is 15.9 Å². The molecule has 0 atom stereocenters. The van der Waals surface area contributed by atoms with E-state index < -0.39 is 0 Å². The van der Waals surface area contributed by atoms with Gasteiger partial charge in [0.1, 0.15) is 5.60 Å². The van der Waals surface area contributed by atoms with Crippen molar-refractivity contribution in [2.75, 3.05) is 13.1 Å². The van der Waals surface area contributed by atoms with Crippen LogP contribution < -0.4 is 5.32 Å². The molecule has 2 aliphatic heterocycles. The molecule has 84 valence electrons. The summed E-state index contributed by atoms with van der Waals surface area (Å²) in [6, 6.07) is 5.75. The number of carbonyl (C=O) groups excluding carboxylic acids is 1. The highest BCUT2D eigenvalue weighted by atomic mass is 79.9. The number of fused-ring (bicyclic) bond motifs is 2. The summed E-state index contributed by atoms with van der Waals surface area (Å²) in [6.07, 6.45) is 1.73. The zero-order chi connectivity index (χ0) is 11.2. The first-order valence-electron chi connectivity index (χ1n) is 5.45. The summed E-state index contributed by atoms with van der Waals surface area (Å²) >= 11 is 3.45.